The van der Waals surface area contributed by atoms with Crippen LogP contribution in [0.1, 0.15) is 77.9 Å². The third-order valence-corrected chi connectivity index (χ3v) is 28.6. The van der Waals surface area contributed by atoms with Crippen molar-refractivity contribution in [3.63, 3.8) is 0 Å². The lowest BCUT2D eigenvalue weighted by Gasteiger charge is -2.34. The van der Waals surface area contributed by atoms with Gasteiger partial charge in [-0.3, -0.25) is 0 Å². The Kier molecular flexibility index (Phi) is 21.2. The van der Waals surface area contributed by atoms with Crippen LogP contribution >= 0.6 is 22.7 Å². The van der Waals surface area contributed by atoms with Crippen LogP contribution in [0.3, 0.4) is 0 Å². The molecule has 24 aromatic rings. The van der Waals surface area contributed by atoms with Gasteiger partial charge in [0, 0.05) is 96.4 Å². The SMILES string of the molecule is Cc1ccc2c(c1)C(c1ccccc1)(c1ccccc1)c1ccccc1-2.Cc1ccc2c(c1)C1(c3ccccc3-c3ccccc31)c1ccccc1-2.Cc1ccc2c(c1)c1ccccc1n2-c1ccccc1.Cc1ccc2oc3ccccc3c2c1.Cc1ccc2sc3ccccc3c2c1.Cc1cccc2c1sc1ccccc12.Cn1c2ccccc2c2ccccc21. The molecule has 3 nitrogen and oxygen atoms in total. The van der Waals surface area contributed by atoms with Crippen LogP contribution in [0.25, 0.3) is 145 Å². The zero-order valence-electron chi connectivity index (χ0n) is 72.8. The third kappa shape index (κ3) is 14.0. The maximum Gasteiger partial charge on any atom is 0.135 e. The Labute approximate surface area is 755 Å². The van der Waals surface area contributed by atoms with E-state index in [9.17, 15) is 0 Å². The Hall–Kier alpha value is -15.0. The second-order valence-corrected chi connectivity index (χ2v) is 36.2. The van der Waals surface area contributed by atoms with Crippen molar-refractivity contribution in [1.29, 1.82) is 0 Å². The Morgan fingerprint density at radius 3 is 1.12 bits per heavy atom. The molecule has 0 bridgehead atoms. The lowest BCUT2D eigenvalue weighted by molar-refractivity contribution is 0.669. The highest BCUT2D eigenvalue weighted by atomic mass is 32.1. The number of nitrogens with zero attached hydrogens (tertiary/aromatic N) is 2. The first-order chi connectivity index (χ1) is 62.9. The van der Waals surface area contributed by atoms with Crippen molar-refractivity contribution in [3.8, 4) is 39.1 Å². The van der Waals surface area contributed by atoms with Gasteiger partial charge in [-0.15, -0.1) is 22.7 Å². The quantitative estimate of drug-likeness (QED) is 0.173. The van der Waals surface area contributed by atoms with Gasteiger partial charge in [0.25, 0.3) is 0 Å². The van der Waals surface area contributed by atoms with E-state index >= 15 is 0 Å². The van der Waals surface area contributed by atoms with E-state index in [1.54, 1.807) is 0 Å². The number of hydrogen-bond acceptors (Lipinski definition) is 3. The maximum absolute atomic E-state index is 5.71. The highest BCUT2D eigenvalue weighted by Crippen LogP contribution is 2.63. The molecule has 128 heavy (non-hydrogen) atoms. The Bertz CT molecular complexity index is 7910. The number of thiophene rings is 2. The van der Waals surface area contributed by atoms with Crippen LogP contribution in [0, 0.1) is 41.5 Å². The fourth-order valence-electron chi connectivity index (χ4n) is 20.4. The molecule has 19 aromatic carbocycles. The average molecular weight is 1680 g/mol. The molecule has 0 aliphatic heterocycles. The number of hydrogen-bond donors (Lipinski definition) is 0. The summed E-state index contributed by atoms with van der Waals surface area (Å²) in [7, 11) is 2.12. The standard InChI is InChI=1S/C26H18.C26H20.C19H15N.C13H11N.C13H10O.2C13H10S/c1-17-14-15-21-20-10-4-7-13-24(20)26(25(21)16-17)22-11-5-2-8-18(22)19-9-3-6-12-23(19)26;1-19-16-17-23-22-14-8-9-15-24(22)26(25(23)18-19,20-10-4-2-5-11-20)21-12-6-3-7-13-21;1-14-11-12-19-17(13-14)16-9-5-6-10-18(16)20(19)15-7-3-2-4-8-15;1-14-12-8-4-2-6-10(12)11-7-3-5-9-13(11)14;1-9-6-7-13-11(8-9)10-4-2-3-5-12(10)14-13;1-9-5-4-7-11-10-6-2-3-8-12(10)14-13(9)11;1-9-6-7-13-11(8-9)10-4-2-3-5-12(10)14-13/h2-16H,1H3;2-18H,1H3;2-13H,1H3;2-9H,1H3;3*2-8H,1H3. The first-order valence-electron chi connectivity index (χ1n) is 44.2. The Morgan fingerprint density at radius 1 is 0.219 bits per heavy atom. The Balaban J connectivity index is 0.0000000923. The molecule has 5 aromatic heterocycles. The van der Waals surface area contributed by atoms with Crippen LogP contribution in [-0.2, 0) is 17.9 Å². The molecule has 0 atom stereocenters. The van der Waals surface area contributed by atoms with Crippen molar-refractivity contribution in [2.75, 3.05) is 0 Å². The lowest BCUT2D eigenvalue weighted by Crippen LogP contribution is -2.28. The van der Waals surface area contributed by atoms with Gasteiger partial charge >= 0.3 is 0 Å². The molecule has 3 aliphatic rings. The fraction of sp³-hybridized carbons (Fsp3) is 0.0732. The largest absolute Gasteiger partial charge is 0.456 e. The van der Waals surface area contributed by atoms with Crippen LogP contribution < -0.4 is 0 Å². The predicted molar refractivity (Wildman–Crippen MR) is 548 cm³/mol. The molecule has 0 amide bonds. The highest BCUT2D eigenvalue weighted by molar-refractivity contribution is 7.26. The monoisotopic (exact) mass is 1680 g/mol. The van der Waals surface area contributed by atoms with E-state index in [1.807, 2.05) is 46.9 Å². The summed E-state index contributed by atoms with van der Waals surface area (Å²) in [6, 6.07) is 159. The normalized spacial score (nSPS) is 12.5. The number of rotatable bonds is 3. The number of aromatic nitrogens is 2. The van der Waals surface area contributed by atoms with E-state index in [-0.39, 0.29) is 10.8 Å². The number of para-hydroxylation sites is 5. The zero-order valence-corrected chi connectivity index (χ0v) is 74.4. The minimum Gasteiger partial charge on any atom is -0.456 e. The van der Waals surface area contributed by atoms with Gasteiger partial charge in [-0.2, -0.15) is 0 Å². The van der Waals surface area contributed by atoms with Crippen molar-refractivity contribution in [2.45, 2.75) is 52.4 Å². The summed E-state index contributed by atoms with van der Waals surface area (Å²) in [6.07, 6.45) is 0. The lowest BCUT2D eigenvalue weighted by atomic mass is 9.67. The van der Waals surface area contributed by atoms with Crippen LogP contribution in [0.4, 0.5) is 0 Å². The zero-order chi connectivity index (χ0) is 86.6. The summed E-state index contributed by atoms with van der Waals surface area (Å²) >= 11 is 3.76. The number of fused-ring (bicyclic) bond motifs is 28. The summed E-state index contributed by atoms with van der Waals surface area (Å²) in [5.74, 6) is 0. The molecule has 614 valence electrons. The van der Waals surface area contributed by atoms with E-state index in [0.717, 1.165) is 11.2 Å². The number of benzene rings is 19. The average Bonchev–Trinajstić information content (AvgIpc) is 1.51. The van der Waals surface area contributed by atoms with E-state index < -0.39 is 0 Å². The molecule has 27 rings (SSSR count). The molecular weight excluding hydrogens is 1590 g/mol. The van der Waals surface area contributed by atoms with Gasteiger partial charge in [-0.1, -0.05) is 386 Å². The predicted octanol–water partition coefficient (Wildman–Crippen LogP) is 33.7. The first kappa shape index (κ1) is 80.2. The number of aryl methyl sites for hydroxylation is 7. The van der Waals surface area contributed by atoms with Gasteiger partial charge in [0.05, 0.1) is 21.9 Å². The topological polar surface area (TPSA) is 23.0 Å². The third-order valence-electron chi connectivity index (χ3n) is 26.1. The van der Waals surface area contributed by atoms with Gasteiger partial charge < -0.3 is 13.6 Å². The van der Waals surface area contributed by atoms with E-state index in [1.165, 1.54) is 212 Å². The Morgan fingerprint density at radius 2 is 0.570 bits per heavy atom. The summed E-state index contributed by atoms with van der Waals surface area (Å²) in [5.41, 5.74) is 35.0. The second-order valence-electron chi connectivity index (χ2n) is 34.1. The molecule has 0 saturated heterocycles. The van der Waals surface area contributed by atoms with Gasteiger partial charge in [0.15, 0.2) is 0 Å². The van der Waals surface area contributed by atoms with Crippen molar-refractivity contribution >= 4 is 129 Å². The fourth-order valence-corrected chi connectivity index (χ4v) is 22.7. The molecule has 5 heterocycles. The molecule has 1 spiro atoms. The summed E-state index contributed by atoms with van der Waals surface area (Å²) in [5, 5.41) is 13.3. The van der Waals surface area contributed by atoms with E-state index in [4.69, 9.17) is 4.42 Å². The minimum absolute atomic E-state index is 0.189. The maximum atomic E-state index is 5.71. The van der Waals surface area contributed by atoms with E-state index in [2.05, 4.69) is 476 Å². The molecule has 3 aliphatic carbocycles. The molecule has 0 saturated carbocycles. The van der Waals surface area contributed by atoms with E-state index in [0.29, 0.717) is 0 Å². The summed E-state index contributed by atoms with van der Waals surface area (Å²) in [4.78, 5) is 0. The highest BCUT2D eigenvalue weighted by Gasteiger charge is 2.52. The minimum atomic E-state index is -0.263. The first-order valence-corrected chi connectivity index (χ1v) is 45.9. The van der Waals surface area contributed by atoms with Crippen molar-refractivity contribution in [3.05, 3.63) is 521 Å². The van der Waals surface area contributed by atoms with Crippen molar-refractivity contribution in [1.82, 2.24) is 9.13 Å². The molecule has 0 radical (unpaired) electrons. The van der Waals surface area contributed by atoms with Crippen LogP contribution in [0.15, 0.2) is 447 Å². The molecule has 0 N–H and O–H groups in total. The van der Waals surface area contributed by atoms with Crippen molar-refractivity contribution in [2.24, 2.45) is 7.05 Å². The molecule has 0 fully saturated rings. The van der Waals surface area contributed by atoms with Gasteiger partial charge in [-0.05, 0) is 210 Å². The van der Waals surface area contributed by atoms with Gasteiger partial charge in [0.2, 0.25) is 0 Å². The summed E-state index contributed by atoms with van der Waals surface area (Å²) in [6.45, 7) is 13.0. The van der Waals surface area contributed by atoms with Gasteiger partial charge in [0.1, 0.15) is 11.2 Å². The van der Waals surface area contributed by atoms with Crippen molar-refractivity contribution < 1.29 is 4.42 Å². The molecule has 5 heteroatoms. The molecule has 0 unspecified atom stereocenters. The second kappa shape index (κ2) is 33.8. The number of furan rings is 1. The summed E-state index contributed by atoms with van der Waals surface area (Å²) < 4.78 is 15.9. The smallest absolute Gasteiger partial charge is 0.135 e. The van der Waals surface area contributed by atoms with Crippen LogP contribution in [0.5, 0.6) is 0 Å². The van der Waals surface area contributed by atoms with Crippen LogP contribution in [0.2, 0.25) is 0 Å². The van der Waals surface area contributed by atoms with Crippen LogP contribution in [-0.4, -0.2) is 9.13 Å². The molecular formula is C123H94N2OS2. The van der Waals surface area contributed by atoms with Gasteiger partial charge in [-0.25, -0.2) is 0 Å².